The van der Waals surface area contributed by atoms with E-state index in [1.165, 1.54) is 0 Å². The Hall–Kier alpha value is -0.930. The van der Waals surface area contributed by atoms with Crippen LogP contribution in [0.1, 0.15) is 0 Å². The summed E-state index contributed by atoms with van der Waals surface area (Å²) in [6, 6.07) is 0. The van der Waals surface area contributed by atoms with Crippen molar-refractivity contribution in [2.24, 2.45) is 0 Å². The maximum absolute atomic E-state index is 10.2. The normalized spacial score (nSPS) is 9.28. The fraction of sp³-hybridized carbons (Fsp3) is 0.600. The van der Waals surface area contributed by atoms with Gasteiger partial charge in [0.25, 0.3) is 0 Å². The Labute approximate surface area is 109 Å². The summed E-state index contributed by atoms with van der Waals surface area (Å²) < 4.78 is 28.4. The Morgan fingerprint density at radius 3 is 1.56 bits per heavy atom. The van der Waals surface area contributed by atoms with Crippen LogP contribution < -0.4 is 0 Å². The minimum absolute atomic E-state index is 0.0417. The van der Waals surface area contributed by atoms with Crippen LogP contribution in [0.5, 0.6) is 0 Å². The highest BCUT2D eigenvalue weighted by Crippen LogP contribution is 1.87. The highest BCUT2D eigenvalue weighted by atomic mass is 32.2. The molecule has 0 spiro atoms. The van der Waals surface area contributed by atoms with E-state index in [1.54, 1.807) is 0 Å². The van der Waals surface area contributed by atoms with Gasteiger partial charge >= 0.3 is 11.4 Å². The number of aliphatic hydroxyl groups is 2. The molecular weight excluding hydrogens is 264 g/mol. The predicted octanol–water partition coefficient (Wildman–Crippen LogP) is -0.110. The van der Waals surface area contributed by atoms with Crippen molar-refractivity contribution in [1.82, 2.24) is 0 Å². The molecule has 0 atom stereocenters. The van der Waals surface area contributed by atoms with E-state index in [0.29, 0.717) is 26.4 Å². The Balaban J connectivity index is 0. The van der Waals surface area contributed by atoms with Crippen molar-refractivity contribution in [2.75, 3.05) is 39.6 Å². The molecule has 0 aromatic heterocycles. The maximum atomic E-state index is 10.2. The van der Waals surface area contributed by atoms with Gasteiger partial charge in [-0.15, -0.1) is 0 Å². The van der Waals surface area contributed by atoms with Crippen LogP contribution in [-0.4, -0.2) is 54.1 Å². The molecule has 108 valence electrons. The van der Waals surface area contributed by atoms with E-state index in [2.05, 4.69) is 21.5 Å². The van der Waals surface area contributed by atoms with Gasteiger partial charge in [-0.3, -0.25) is 0 Å². The van der Waals surface area contributed by atoms with Crippen molar-refractivity contribution in [2.45, 2.75) is 0 Å². The lowest BCUT2D eigenvalue weighted by Gasteiger charge is -2.01. The molecule has 0 radical (unpaired) electrons. The van der Waals surface area contributed by atoms with Crippen LogP contribution >= 0.6 is 0 Å². The van der Waals surface area contributed by atoms with E-state index in [-0.39, 0.29) is 13.2 Å². The smallest absolute Gasteiger partial charge is 0.394 e. The zero-order valence-corrected chi connectivity index (χ0v) is 11.0. The lowest BCUT2D eigenvalue weighted by Crippen LogP contribution is -2.09. The van der Waals surface area contributed by atoms with E-state index in [1.807, 2.05) is 0 Å². The molecule has 0 bridgehead atoms. The van der Waals surface area contributed by atoms with Gasteiger partial charge in [-0.2, -0.15) is 4.21 Å². The molecule has 0 aromatic carbocycles. The number of hydrogen-bond donors (Lipinski definition) is 2. The van der Waals surface area contributed by atoms with E-state index in [4.69, 9.17) is 19.7 Å². The van der Waals surface area contributed by atoms with Gasteiger partial charge in [0.2, 0.25) is 0 Å². The lowest BCUT2D eigenvalue weighted by molar-refractivity contribution is 0.0222. The van der Waals surface area contributed by atoms with Gasteiger partial charge in [-0.25, -0.2) is 0 Å². The first-order valence-electron chi connectivity index (χ1n) is 5.08. The van der Waals surface area contributed by atoms with E-state index in [0.717, 1.165) is 12.5 Å². The molecule has 7 nitrogen and oxygen atoms in total. The van der Waals surface area contributed by atoms with E-state index < -0.39 is 11.4 Å². The molecule has 18 heavy (non-hydrogen) atoms. The molecule has 0 saturated carbocycles. The van der Waals surface area contributed by atoms with Crippen molar-refractivity contribution in [3.8, 4) is 0 Å². The molecule has 0 heterocycles. The number of hydrogen-bond acceptors (Lipinski definition) is 7. The van der Waals surface area contributed by atoms with Gasteiger partial charge in [-0.1, -0.05) is 13.2 Å². The summed E-state index contributed by atoms with van der Waals surface area (Å²) in [6.07, 6.45) is 2.05. The average molecular weight is 284 g/mol. The summed E-state index contributed by atoms with van der Waals surface area (Å²) in [6.45, 7) is 8.03. The molecule has 0 saturated heterocycles. The number of aliphatic hydroxyl groups excluding tert-OH is 2. The van der Waals surface area contributed by atoms with Gasteiger partial charge in [0.1, 0.15) is 12.5 Å². The lowest BCUT2D eigenvalue weighted by atomic mass is 10.7. The molecule has 0 amide bonds. The molecule has 8 heteroatoms. The van der Waals surface area contributed by atoms with Gasteiger partial charge in [0.05, 0.1) is 39.6 Å². The average Bonchev–Trinajstić information content (AvgIpc) is 2.35. The molecule has 0 fully saturated rings. The minimum atomic E-state index is -1.76. The van der Waals surface area contributed by atoms with Crippen LogP contribution in [0.25, 0.3) is 0 Å². The topological polar surface area (TPSA) is 94.5 Å². The second-order valence-corrected chi connectivity index (χ2v) is 3.20. The Morgan fingerprint density at radius 2 is 1.28 bits per heavy atom. The maximum Gasteiger partial charge on any atom is 0.416 e. The Kier molecular flexibility index (Phi) is 19.9. The number of rotatable bonds is 11. The zero-order valence-electron chi connectivity index (χ0n) is 10.2. The van der Waals surface area contributed by atoms with Crippen LogP contribution in [0.15, 0.2) is 25.7 Å². The Bertz CT molecular complexity index is 190. The number of ether oxygens (including phenoxy) is 2. The zero-order chi connectivity index (χ0) is 14.1. The van der Waals surface area contributed by atoms with E-state index >= 15 is 0 Å². The van der Waals surface area contributed by atoms with Gasteiger partial charge in [0, 0.05) is 0 Å². The van der Waals surface area contributed by atoms with Gasteiger partial charge < -0.3 is 28.1 Å². The second kappa shape index (κ2) is 18.4. The first kappa shape index (κ1) is 19.4. The van der Waals surface area contributed by atoms with Crippen molar-refractivity contribution >= 4 is 11.4 Å². The third-order valence-electron chi connectivity index (χ3n) is 1.14. The van der Waals surface area contributed by atoms with Crippen molar-refractivity contribution < 1.29 is 32.3 Å². The summed E-state index contributed by atoms with van der Waals surface area (Å²) in [5.41, 5.74) is 0. The fourth-order valence-corrected chi connectivity index (χ4v) is 0.852. The van der Waals surface area contributed by atoms with E-state index in [9.17, 15) is 4.21 Å². The summed E-state index contributed by atoms with van der Waals surface area (Å²) in [4.78, 5) is 0. The molecule has 0 aliphatic heterocycles. The standard InChI is InChI=1S/C6H14O4.C4H6O3S/c7-1-3-9-5-6-10-4-2-8;1-3-6-8(5)7-4-2/h7-8H,1-6H2;3-4H,1-2H2. The third kappa shape index (κ3) is 20.5. The molecule has 0 aromatic rings. The summed E-state index contributed by atoms with van der Waals surface area (Å²) in [7, 11) is 0. The van der Waals surface area contributed by atoms with Crippen molar-refractivity contribution in [1.29, 1.82) is 0 Å². The molecule has 2 N–H and O–H groups in total. The highest BCUT2D eigenvalue weighted by Gasteiger charge is 1.90. The third-order valence-corrected chi connectivity index (χ3v) is 1.72. The van der Waals surface area contributed by atoms with Crippen LogP contribution in [0.3, 0.4) is 0 Å². The minimum Gasteiger partial charge on any atom is -0.394 e. The summed E-state index contributed by atoms with van der Waals surface area (Å²) in [5.74, 6) is 0. The first-order chi connectivity index (χ1) is 8.72. The molecule has 0 rings (SSSR count). The predicted molar refractivity (Wildman–Crippen MR) is 66.5 cm³/mol. The molecular formula is C10H20O7S. The molecule has 0 unspecified atom stereocenters. The monoisotopic (exact) mass is 284 g/mol. The van der Waals surface area contributed by atoms with Crippen molar-refractivity contribution in [3.63, 3.8) is 0 Å². The Morgan fingerprint density at radius 1 is 0.889 bits per heavy atom. The summed E-state index contributed by atoms with van der Waals surface area (Å²) >= 11 is -1.76. The van der Waals surface area contributed by atoms with Crippen LogP contribution in [0.2, 0.25) is 0 Å². The molecule has 0 aliphatic carbocycles. The quantitative estimate of drug-likeness (QED) is 0.404. The second-order valence-electron chi connectivity index (χ2n) is 2.40. The molecule has 0 aliphatic rings. The van der Waals surface area contributed by atoms with Crippen LogP contribution in [0.4, 0.5) is 0 Å². The first-order valence-corrected chi connectivity index (χ1v) is 6.08. The SMILES string of the molecule is C=COS(=O)OC=C.OCCOCCOCCO. The summed E-state index contributed by atoms with van der Waals surface area (Å²) in [5, 5.41) is 16.5. The fourth-order valence-electron chi connectivity index (χ4n) is 0.585. The van der Waals surface area contributed by atoms with Crippen LogP contribution in [0, 0.1) is 0 Å². The highest BCUT2D eigenvalue weighted by molar-refractivity contribution is 7.75. The van der Waals surface area contributed by atoms with Gasteiger partial charge in [0.15, 0.2) is 0 Å². The van der Waals surface area contributed by atoms with Crippen LogP contribution in [-0.2, 0) is 29.2 Å². The largest absolute Gasteiger partial charge is 0.416 e. The van der Waals surface area contributed by atoms with Gasteiger partial charge in [-0.05, 0) is 0 Å². The van der Waals surface area contributed by atoms with Crippen molar-refractivity contribution in [3.05, 3.63) is 25.7 Å².